The molecule has 0 saturated carbocycles. The molecule has 0 aromatic carbocycles. The van der Waals surface area contributed by atoms with E-state index in [1.807, 2.05) is 20.8 Å². The molecule has 19 heavy (non-hydrogen) atoms. The number of hydrogen-bond donors (Lipinski definition) is 0. The van der Waals surface area contributed by atoms with Gasteiger partial charge in [0, 0.05) is 19.0 Å². The second-order valence-corrected chi connectivity index (χ2v) is 5.88. The highest BCUT2D eigenvalue weighted by molar-refractivity contribution is 5.97. The first-order valence-electron chi connectivity index (χ1n) is 7.05. The molecule has 0 N–H and O–H groups in total. The molecule has 0 spiro atoms. The molecule has 3 atom stereocenters. The number of amides is 2. The minimum Gasteiger partial charge on any atom is -0.329 e. The maximum atomic E-state index is 12.6. The molecule has 2 aliphatic heterocycles. The van der Waals surface area contributed by atoms with Crippen molar-refractivity contribution in [3.63, 3.8) is 0 Å². The van der Waals surface area contributed by atoms with E-state index in [0.29, 0.717) is 6.42 Å². The third-order valence-electron chi connectivity index (χ3n) is 4.15. The first-order valence-corrected chi connectivity index (χ1v) is 7.05. The van der Waals surface area contributed by atoms with E-state index < -0.39 is 0 Å². The van der Waals surface area contributed by atoms with Crippen molar-refractivity contribution in [1.82, 2.24) is 9.80 Å². The monoisotopic (exact) mass is 262 g/mol. The summed E-state index contributed by atoms with van der Waals surface area (Å²) in [7, 11) is 0. The second kappa shape index (κ2) is 5.24. The molecule has 0 aliphatic carbocycles. The predicted octanol–water partition coefficient (Wildman–Crippen LogP) is 1.26. The second-order valence-electron chi connectivity index (χ2n) is 5.88. The van der Waals surface area contributed by atoms with E-state index in [1.54, 1.807) is 9.80 Å². The van der Waals surface area contributed by atoms with E-state index >= 15 is 0 Å². The van der Waals surface area contributed by atoms with Crippen LogP contribution in [-0.2, 0) is 9.59 Å². The number of terminal acetylenes is 1. The number of rotatable bonds is 3. The standard InChI is InChI=1S/C15H22N2O2/c1-5-7-11(4)17-13(10(2)3)15(19)16-9-6-8-12(16)14(17)18/h1,10-13H,6-9H2,2-4H3. The van der Waals surface area contributed by atoms with Crippen LogP contribution in [0.5, 0.6) is 0 Å². The third kappa shape index (κ3) is 2.22. The average molecular weight is 262 g/mol. The molecular formula is C15H22N2O2. The number of carbonyl (C=O) groups is 2. The number of hydrogen-bond acceptors (Lipinski definition) is 2. The van der Waals surface area contributed by atoms with Gasteiger partial charge in [-0.05, 0) is 25.7 Å². The Morgan fingerprint density at radius 3 is 2.58 bits per heavy atom. The summed E-state index contributed by atoms with van der Waals surface area (Å²) in [5, 5.41) is 0. The van der Waals surface area contributed by atoms with Gasteiger partial charge in [-0.3, -0.25) is 9.59 Å². The fraction of sp³-hybridized carbons (Fsp3) is 0.733. The summed E-state index contributed by atoms with van der Waals surface area (Å²) >= 11 is 0. The Balaban J connectivity index is 2.34. The van der Waals surface area contributed by atoms with Crippen LogP contribution in [0.15, 0.2) is 0 Å². The molecule has 3 unspecified atom stereocenters. The van der Waals surface area contributed by atoms with E-state index in [9.17, 15) is 9.59 Å². The Labute approximate surface area is 115 Å². The van der Waals surface area contributed by atoms with Gasteiger partial charge in [0.25, 0.3) is 0 Å². The van der Waals surface area contributed by atoms with Crippen LogP contribution < -0.4 is 0 Å². The summed E-state index contributed by atoms with van der Waals surface area (Å²) in [4.78, 5) is 28.8. The zero-order chi connectivity index (χ0) is 14.2. The van der Waals surface area contributed by atoms with Crippen LogP contribution >= 0.6 is 0 Å². The van der Waals surface area contributed by atoms with E-state index in [-0.39, 0.29) is 35.9 Å². The molecule has 104 valence electrons. The highest BCUT2D eigenvalue weighted by Crippen LogP contribution is 2.31. The molecule has 4 heteroatoms. The van der Waals surface area contributed by atoms with E-state index in [1.165, 1.54) is 0 Å². The predicted molar refractivity (Wildman–Crippen MR) is 73.1 cm³/mol. The van der Waals surface area contributed by atoms with Crippen molar-refractivity contribution >= 4 is 11.8 Å². The zero-order valence-corrected chi connectivity index (χ0v) is 11.9. The van der Waals surface area contributed by atoms with Crippen LogP contribution in [0, 0.1) is 18.3 Å². The van der Waals surface area contributed by atoms with Crippen molar-refractivity contribution in [3.05, 3.63) is 0 Å². The van der Waals surface area contributed by atoms with Gasteiger partial charge in [-0.1, -0.05) is 13.8 Å². The molecule has 2 amide bonds. The van der Waals surface area contributed by atoms with Crippen molar-refractivity contribution in [2.75, 3.05) is 6.54 Å². The fourth-order valence-corrected chi connectivity index (χ4v) is 3.25. The minimum absolute atomic E-state index is 0.0726. The van der Waals surface area contributed by atoms with Crippen LogP contribution in [0.4, 0.5) is 0 Å². The molecular weight excluding hydrogens is 240 g/mol. The quantitative estimate of drug-likeness (QED) is 0.718. The number of nitrogens with zero attached hydrogens (tertiary/aromatic N) is 2. The molecule has 2 fully saturated rings. The highest BCUT2D eigenvalue weighted by atomic mass is 16.2. The Kier molecular flexibility index (Phi) is 3.84. The maximum Gasteiger partial charge on any atom is 0.246 e. The lowest BCUT2D eigenvalue weighted by atomic mass is 9.93. The molecule has 2 heterocycles. The van der Waals surface area contributed by atoms with Gasteiger partial charge >= 0.3 is 0 Å². The van der Waals surface area contributed by atoms with Gasteiger partial charge in [0.1, 0.15) is 12.1 Å². The van der Waals surface area contributed by atoms with Gasteiger partial charge < -0.3 is 9.80 Å². The number of fused-ring (bicyclic) bond motifs is 1. The fourth-order valence-electron chi connectivity index (χ4n) is 3.25. The molecule has 4 nitrogen and oxygen atoms in total. The topological polar surface area (TPSA) is 40.6 Å². The van der Waals surface area contributed by atoms with Crippen molar-refractivity contribution in [1.29, 1.82) is 0 Å². The van der Waals surface area contributed by atoms with E-state index in [4.69, 9.17) is 6.42 Å². The molecule has 2 saturated heterocycles. The van der Waals surface area contributed by atoms with E-state index in [0.717, 1.165) is 19.4 Å². The first kappa shape index (κ1) is 13.9. The van der Waals surface area contributed by atoms with Crippen LogP contribution in [0.3, 0.4) is 0 Å². The molecule has 2 aliphatic rings. The van der Waals surface area contributed by atoms with Gasteiger partial charge in [0.05, 0.1) is 0 Å². The van der Waals surface area contributed by atoms with Crippen LogP contribution in [0.2, 0.25) is 0 Å². The lowest BCUT2D eigenvalue weighted by Gasteiger charge is -2.46. The van der Waals surface area contributed by atoms with Crippen LogP contribution in [-0.4, -0.2) is 46.3 Å². The first-order chi connectivity index (χ1) is 8.99. The highest BCUT2D eigenvalue weighted by Gasteiger charge is 2.49. The molecule has 0 bridgehead atoms. The lowest BCUT2D eigenvalue weighted by molar-refractivity contribution is -0.163. The summed E-state index contributed by atoms with van der Waals surface area (Å²) in [6, 6.07) is -0.676. The average Bonchev–Trinajstić information content (AvgIpc) is 2.82. The van der Waals surface area contributed by atoms with Gasteiger partial charge in [-0.25, -0.2) is 0 Å². The summed E-state index contributed by atoms with van der Waals surface area (Å²) in [6.07, 6.45) is 7.56. The smallest absolute Gasteiger partial charge is 0.246 e. The summed E-state index contributed by atoms with van der Waals surface area (Å²) in [6.45, 7) is 6.63. The van der Waals surface area contributed by atoms with Gasteiger partial charge in [0.15, 0.2) is 0 Å². The molecule has 0 aromatic heterocycles. The van der Waals surface area contributed by atoms with Gasteiger partial charge in [-0.2, -0.15) is 0 Å². The Morgan fingerprint density at radius 1 is 1.32 bits per heavy atom. The minimum atomic E-state index is -0.356. The zero-order valence-electron chi connectivity index (χ0n) is 11.9. The SMILES string of the molecule is C#CCC(C)N1C(=O)C2CCCN2C(=O)C1C(C)C. The van der Waals surface area contributed by atoms with Gasteiger partial charge in [0.2, 0.25) is 11.8 Å². The Hall–Kier alpha value is -1.50. The van der Waals surface area contributed by atoms with Crippen LogP contribution in [0.1, 0.15) is 40.0 Å². The Morgan fingerprint density at radius 2 is 2.00 bits per heavy atom. The maximum absolute atomic E-state index is 12.6. The molecule has 0 radical (unpaired) electrons. The van der Waals surface area contributed by atoms with Crippen LogP contribution in [0.25, 0.3) is 0 Å². The van der Waals surface area contributed by atoms with E-state index in [2.05, 4.69) is 5.92 Å². The van der Waals surface area contributed by atoms with Gasteiger partial charge in [-0.15, -0.1) is 12.3 Å². The van der Waals surface area contributed by atoms with Crippen molar-refractivity contribution in [2.24, 2.45) is 5.92 Å². The third-order valence-corrected chi connectivity index (χ3v) is 4.15. The largest absolute Gasteiger partial charge is 0.329 e. The normalized spacial score (nSPS) is 28.6. The number of carbonyl (C=O) groups excluding carboxylic acids is 2. The van der Waals surface area contributed by atoms with Crippen molar-refractivity contribution < 1.29 is 9.59 Å². The molecule has 0 aromatic rings. The lowest BCUT2D eigenvalue weighted by Crippen LogP contribution is -2.66. The summed E-state index contributed by atoms with van der Waals surface area (Å²) < 4.78 is 0. The van der Waals surface area contributed by atoms with Crippen molar-refractivity contribution in [2.45, 2.75) is 58.2 Å². The van der Waals surface area contributed by atoms with Crippen molar-refractivity contribution in [3.8, 4) is 12.3 Å². The summed E-state index contributed by atoms with van der Waals surface area (Å²) in [5.74, 6) is 2.89. The molecule has 2 rings (SSSR count). The Bertz CT molecular complexity index is 424. The summed E-state index contributed by atoms with van der Waals surface area (Å²) in [5.41, 5.74) is 0. The number of piperazine rings is 1.